The molecule has 0 amide bonds. The molecule has 0 aromatic heterocycles. The van der Waals surface area contributed by atoms with E-state index in [0.717, 1.165) is 31.3 Å². The molecule has 1 aromatic carbocycles. The van der Waals surface area contributed by atoms with Crippen molar-refractivity contribution in [3.63, 3.8) is 0 Å². The number of hydrogen-bond acceptors (Lipinski definition) is 3. The van der Waals surface area contributed by atoms with Crippen molar-refractivity contribution in [1.29, 1.82) is 0 Å². The van der Waals surface area contributed by atoms with Gasteiger partial charge in [0.25, 0.3) is 0 Å². The summed E-state index contributed by atoms with van der Waals surface area (Å²) >= 11 is 0. The lowest BCUT2D eigenvalue weighted by Gasteiger charge is -2.24. The molecule has 2 N–H and O–H groups in total. The monoisotopic (exact) mass is 346 g/mol. The highest BCUT2D eigenvalue weighted by Crippen LogP contribution is 2.16. The Morgan fingerprint density at radius 1 is 1.24 bits per heavy atom. The first kappa shape index (κ1) is 19.6. The maximum absolute atomic E-state index is 5.68. The van der Waals surface area contributed by atoms with E-state index in [0.29, 0.717) is 12.6 Å². The Morgan fingerprint density at radius 2 is 2.00 bits per heavy atom. The van der Waals surface area contributed by atoms with Gasteiger partial charge in [-0.3, -0.25) is 4.90 Å². The third kappa shape index (κ3) is 6.58. The van der Waals surface area contributed by atoms with Crippen LogP contribution < -0.4 is 15.4 Å². The molecule has 0 saturated carbocycles. The average molecular weight is 347 g/mol. The third-order valence-corrected chi connectivity index (χ3v) is 4.47. The highest BCUT2D eigenvalue weighted by atomic mass is 16.5. The van der Waals surface area contributed by atoms with Gasteiger partial charge in [-0.05, 0) is 64.4 Å². The van der Waals surface area contributed by atoms with Gasteiger partial charge in [-0.25, -0.2) is 4.99 Å². The highest BCUT2D eigenvalue weighted by molar-refractivity contribution is 5.79. The molecule has 1 aliphatic rings. The summed E-state index contributed by atoms with van der Waals surface area (Å²) in [6.45, 7) is 13.3. The molecule has 1 aliphatic heterocycles. The molecule has 0 radical (unpaired) electrons. The second-order valence-corrected chi connectivity index (χ2v) is 6.81. The summed E-state index contributed by atoms with van der Waals surface area (Å²) in [6, 6.07) is 8.83. The van der Waals surface area contributed by atoms with Gasteiger partial charge in [0.1, 0.15) is 5.75 Å². The summed E-state index contributed by atoms with van der Waals surface area (Å²) in [6.07, 6.45) is 2.78. The molecule has 1 aromatic rings. The van der Waals surface area contributed by atoms with Gasteiger partial charge in [-0.15, -0.1) is 0 Å². The van der Waals surface area contributed by atoms with Gasteiger partial charge in [0.15, 0.2) is 5.96 Å². The normalized spacial score (nSPS) is 18.6. The minimum absolute atomic E-state index is 0.201. The molecule has 5 nitrogen and oxygen atoms in total. The van der Waals surface area contributed by atoms with Crippen LogP contribution in [-0.4, -0.2) is 49.2 Å². The molecule has 5 heteroatoms. The molecule has 1 atom stereocenters. The fraction of sp³-hybridized carbons (Fsp3) is 0.650. The quantitative estimate of drug-likeness (QED) is 0.561. The van der Waals surface area contributed by atoms with E-state index in [1.807, 2.05) is 26.0 Å². The summed E-state index contributed by atoms with van der Waals surface area (Å²) in [4.78, 5) is 7.27. The van der Waals surface area contributed by atoms with Crippen LogP contribution in [0.15, 0.2) is 29.3 Å². The number of likely N-dealkylation sites (N-methyl/N-ethyl adjacent to an activating group) is 1. The van der Waals surface area contributed by atoms with Gasteiger partial charge in [-0.1, -0.05) is 19.1 Å². The van der Waals surface area contributed by atoms with Crippen molar-refractivity contribution in [3.05, 3.63) is 29.8 Å². The van der Waals surface area contributed by atoms with Crippen molar-refractivity contribution in [2.45, 2.75) is 59.2 Å². The lowest BCUT2D eigenvalue weighted by Crippen LogP contribution is -2.44. The Bertz CT molecular complexity index is 527. The van der Waals surface area contributed by atoms with E-state index in [9.17, 15) is 0 Å². The number of ether oxygens (including phenoxy) is 1. The smallest absolute Gasteiger partial charge is 0.191 e. The van der Waals surface area contributed by atoms with Crippen LogP contribution >= 0.6 is 0 Å². The lowest BCUT2D eigenvalue weighted by atomic mass is 10.2. The van der Waals surface area contributed by atoms with E-state index in [1.54, 1.807) is 0 Å². The second kappa shape index (κ2) is 10.3. The second-order valence-electron chi connectivity index (χ2n) is 6.81. The molecular weight excluding hydrogens is 312 g/mol. The van der Waals surface area contributed by atoms with Crippen LogP contribution in [0.2, 0.25) is 0 Å². The van der Waals surface area contributed by atoms with Crippen LogP contribution in [0.5, 0.6) is 5.75 Å². The Labute approximate surface area is 152 Å². The van der Waals surface area contributed by atoms with Crippen LogP contribution in [0.4, 0.5) is 0 Å². The van der Waals surface area contributed by atoms with Gasteiger partial charge >= 0.3 is 0 Å². The molecule has 0 bridgehead atoms. The minimum atomic E-state index is 0.201. The number of likely N-dealkylation sites (tertiary alicyclic amines) is 1. The number of aliphatic imine (C=N–C) groups is 1. The molecule has 0 aliphatic carbocycles. The van der Waals surface area contributed by atoms with Gasteiger partial charge in [0.2, 0.25) is 0 Å². The molecule has 0 spiro atoms. The predicted octanol–water partition coefficient (Wildman–Crippen LogP) is 3.01. The molecule has 2 rings (SSSR count). The zero-order valence-electron chi connectivity index (χ0n) is 16.2. The highest BCUT2D eigenvalue weighted by Gasteiger charge is 2.22. The van der Waals surface area contributed by atoms with Crippen molar-refractivity contribution in [2.75, 3.05) is 26.2 Å². The van der Waals surface area contributed by atoms with E-state index in [2.05, 4.69) is 41.5 Å². The Kier molecular flexibility index (Phi) is 8.06. The van der Waals surface area contributed by atoms with E-state index in [4.69, 9.17) is 9.73 Å². The fourth-order valence-electron chi connectivity index (χ4n) is 3.21. The molecule has 1 heterocycles. The van der Waals surface area contributed by atoms with E-state index < -0.39 is 0 Å². The third-order valence-electron chi connectivity index (χ3n) is 4.47. The van der Waals surface area contributed by atoms with Crippen LogP contribution in [-0.2, 0) is 6.54 Å². The zero-order valence-corrected chi connectivity index (χ0v) is 16.2. The van der Waals surface area contributed by atoms with Gasteiger partial charge < -0.3 is 15.4 Å². The van der Waals surface area contributed by atoms with Crippen LogP contribution in [0.1, 0.15) is 46.1 Å². The Balaban J connectivity index is 1.88. The summed E-state index contributed by atoms with van der Waals surface area (Å²) in [5.74, 6) is 1.81. The number of benzene rings is 1. The molecule has 140 valence electrons. The van der Waals surface area contributed by atoms with Crippen molar-refractivity contribution >= 4 is 5.96 Å². The summed E-state index contributed by atoms with van der Waals surface area (Å²) < 4.78 is 5.68. The van der Waals surface area contributed by atoms with Crippen LogP contribution in [0.25, 0.3) is 0 Å². The fourth-order valence-corrected chi connectivity index (χ4v) is 3.21. The Hall–Kier alpha value is -1.75. The topological polar surface area (TPSA) is 48.9 Å². The van der Waals surface area contributed by atoms with Crippen molar-refractivity contribution in [2.24, 2.45) is 4.99 Å². The van der Waals surface area contributed by atoms with Crippen molar-refractivity contribution in [1.82, 2.24) is 15.5 Å². The van der Waals surface area contributed by atoms with Gasteiger partial charge in [0, 0.05) is 19.1 Å². The maximum Gasteiger partial charge on any atom is 0.191 e. The van der Waals surface area contributed by atoms with E-state index in [1.165, 1.54) is 24.9 Å². The van der Waals surface area contributed by atoms with Crippen molar-refractivity contribution in [3.8, 4) is 5.75 Å². The minimum Gasteiger partial charge on any atom is -0.491 e. The standard InChI is InChI=1S/C20H34N4O/c1-5-21-20(23-15-18-8-7-13-24(18)6-2)22-14-17-9-11-19(12-10-17)25-16(3)4/h9-12,16,18H,5-8,13-15H2,1-4H3,(H2,21,22,23). The number of nitrogens with zero attached hydrogens (tertiary/aromatic N) is 2. The van der Waals surface area contributed by atoms with Crippen molar-refractivity contribution < 1.29 is 4.74 Å². The molecule has 1 fully saturated rings. The van der Waals surface area contributed by atoms with E-state index >= 15 is 0 Å². The molecular formula is C20H34N4O. The molecule has 1 unspecified atom stereocenters. The first-order valence-corrected chi connectivity index (χ1v) is 9.64. The molecule has 1 saturated heterocycles. The number of nitrogens with one attached hydrogen (secondary N) is 2. The van der Waals surface area contributed by atoms with Crippen LogP contribution in [0.3, 0.4) is 0 Å². The number of rotatable bonds is 8. The zero-order chi connectivity index (χ0) is 18.1. The number of guanidine groups is 1. The largest absolute Gasteiger partial charge is 0.491 e. The van der Waals surface area contributed by atoms with Crippen LogP contribution in [0, 0.1) is 0 Å². The van der Waals surface area contributed by atoms with Gasteiger partial charge in [-0.2, -0.15) is 0 Å². The van der Waals surface area contributed by atoms with Gasteiger partial charge in [0.05, 0.1) is 12.6 Å². The van der Waals surface area contributed by atoms with E-state index in [-0.39, 0.29) is 6.10 Å². The first-order chi connectivity index (χ1) is 12.1. The lowest BCUT2D eigenvalue weighted by molar-refractivity contribution is 0.242. The average Bonchev–Trinajstić information content (AvgIpc) is 3.05. The summed E-state index contributed by atoms with van der Waals surface area (Å²) in [5.41, 5.74) is 1.18. The number of hydrogen-bond donors (Lipinski definition) is 2. The SMILES string of the molecule is CCNC(=NCc1ccc(OC(C)C)cc1)NCC1CCCN1CC. The predicted molar refractivity (Wildman–Crippen MR) is 105 cm³/mol. The summed E-state index contributed by atoms with van der Waals surface area (Å²) in [5, 5.41) is 6.85. The summed E-state index contributed by atoms with van der Waals surface area (Å²) in [7, 11) is 0. The molecule has 25 heavy (non-hydrogen) atoms. The Morgan fingerprint density at radius 3 is 2.64 bits per heavy atom. The first-order valence-electron chi connectivity index (χ1n) is 9.64. The maximum atomic E-state index is 5.68.